The fourth-order valence-corrected chi connectivity index (χ4v) is 3.21. The van der Waals surface area contributed by atoms with Gasteiger partial charge < -0.3 is 9.47 Å². The Labute approximate surface area is 155 Å². The van der Waals surface area contributed by atoms with E-state index in [1.54, 1.807) is 0 Å². The van der Waals surface area contributed by atoms with E-state index < -0.39 is 5.60 Å². The van der Waals surface area contributed by atoms with Crippen LogP contribution >= 0.6 is 0 Å². The fraction of sp³-hybridized carbons (Fsp3) is 0.409. The van der Waals surface area contributed by atoms with Gasteiger partial charge in [-0.25, -0.2) is 0 Å². The first-order valence-corrected chi connectivity index (χ1v) is 9.12. The second-order valence-corrected chi connectivity index (χ2v) is 7.71. The van der Waals surface area contributed by atoms with Gasteiger partial charge in [0, 0.05) is 6.42 Å². The number of carbonyl (C=O) groups is 1. The fourth-order valence-electron chi connectivity index (χ4n) is 3.21. The molecule has 138 valence electrons. The van der Waals surface area contributed by atoms with Crippen LogP contribution in [0.4, 0.5) is 0 Å². The van der Waals surface area contributed by atoms with Gasteiger partial charge in [-0.3, -0.25) is 10.1 Å². The summed E-state index contributed by atoms with van der Waals surface area (Å²) in [7, 11) is 0. The number of ether oxygens (including phenoxy) is 2. The molecule has 0 radical (unpaired) electrons. The highest BCUT2D eigenvalue weighted by molar-refractivity contribution is 5.77. The largest absolute Gasteiger partial charge is 0.459 e. The van der Waals surface area contributed by atoms with Crippen LogP contribution in [0.5, 0.6) is 0 Å². The van der Waals surface area contributed by atoms with Gasteiger partial charge in [0.05, 0.1) is 18.8 Å². The van der Waals surface area contributed by atoms with Gasteiger partial charge >= 0.3 is 5.97 Å². The number of hydrogen-bond donors (Lipinski definition) is 1. The van der Waals surface area contributed by atoms with E-state index >= 15 is 0 Å². The summed E-state index contributed by atoms with van der Waals surface area (Å²) >= 11 is 0. The van der Waals surface area contributed by atoms with Crippen molar-refractivity contribution in [3.05, 3.63) is 71.8 Å². The molecule has 1 aliphatic heterocycles. The van der Waals surface area contributed by atoms with Crippen LogP contribution in [0, 0.1) is 0 Å². The zero-order chi connectivity index (χ0) is 18.6. The van der Waals surface area contributed by atoms with Crippen LogP contribution in [0.2, 0.25) is 0 Å². The molecule has 0 bridgehead atoms. The molecule has 0 amide bonds. The van der Waals surface area contributed by atoms with Crippen molar-refractivity contribution in [2.75, 3.05) is 0 Å². The zero-order valence-corrected chi connectivity index (χ0v) is 15.6. The molecular formula is C22H27NO3. The Bertz CT molecular complexity index is 709. The minimum atomic E-state index is -0.496. The molecule has 1 fully saturated rings. The Balaban J connectivity index is 1.72. The number of rotatable bonds is 5. The highest BCUT2D eigenvalue weighted by Crippen LogP contribution is 2.31. The monoisotopic (exact) mass is 353 g/mol. The maximum Gasteiger partial charge on any atom is 0.323 e. The lowest BCUT2D eigenvalue weighted by Crippen LogP contribution is -2.38. The van der Waals surface area contributed by atoms with E-state index in [-0.39, 0.29) is 24.2 Å². The van der Waals surface area contributed by atoms with Gasteiger partial charge in [0.25, 0.3) is 0 Å². The van der Waals surface area contributed by atoms with E-state index in [0.717, 1.165) is 11.1 Å². The van der Waals surface area contributed by atoms with Gasteiger partial charge in [0.2, 0.25) is 0 Å². The third-order valence-corrected chi connectivity index (χ3v) is 4.38. The minimum absolute atomic E-state index is 0.0302. The number of carbonyl (C=O) groups excluding carboxylic acids is 1. The second kappa shape index (κ2) is 8.02. The van der Waals surface area contributed by atoms with E-state index in [9.17, 15) is 4.79 Å². The SMILES string of the molecule is CC(C)(C)OC(=O)C1CC(OCc2ccccc2)C(c2ccccc2)N1. The quantitative estimate of drug-likeness (QED) is 0.825. The van der Waals surface area contributed by atoms with E-state index in [0.29, 0.717) is 13.0 Å². The molecule has 1 N–H and O–H groups in total. The summed E-state index contributed by atoms with van der Waals surface area (Å²) < 4.78 is 11.8. The molecule has 26 heavy (non-hydrogen) atoms. The van der Waals surface area contributed by atoms with Gasteiger partial charge in [-0.05, 0) is 31.9 Å². The number of nitrogens with one attached hydrogen (secondary N) is 1. The van der Waals surface area contributed by atoms with Crippen molar-refractivity contribution in [1.29, 1.82) is 0 Å². The summed E-state index contributed by atoms with van der Waals surface area (Å²) in [5.74, 6) is -0.218. The van der Waals surface area contributed by atoms with Gasteiger partial charge in [-0.15, -0.1) is 0 Å². The third-order valence-electron chi connectivity index (χ3n) is 4.38. The van der Waals surface area contributed by atoms with E-state index in [1.165, 1.54) is 0 Å². The Morgan fingerprint density at radius 1 is 1.04 bits per heavy atom. The average molecular weight is 353 g/mol. The van der Waals surface area contributed by atoms with E-state index in [4.69, 9.17) is 9.47 Å². The molecule has 1 heterocycles. The van der Waals surface area contributed by atoms with Crippen molar-refractivity contribution < 1.29 is 14.3 Å². The lowest BCUT2D eigenvalue weighted by molar-refractivity contribution is -0.157. The van der Waals surface area contributed by atoms with Crippen molar-refractivity contribution in [2.45, 2.75) is 57.6 Å². The maximum atomic E-state index is 12.5. The standard InChI is InChI=1S/C22H27NO3/c1-22(2,3)26-21(24)18-14-19(25-15-16-10-6-4-7-11-16)20(23-18)17-12-8-5-9-13-17/h4-13,18-20,23H,14-15H2,1-3H3. The van der Waals surface area contributed by atoms with Crippen molar-refractivity contribution in [3.63, 3.8) is 0 Å². The Morgan fingerprint density at radius 2 is 1.65 bits per heavy atom. The van der Waals surface area contributed by atoms with Crippen LogP contribution in [0.1, 0.15) is 44.4 Å². The normalized spacial score (nSPS) is 23.0. The van der Waals surface area contributed by atoms with Crippen molar-refractivity contribution in [3.8, 4) is 0 Å². The van der Waals surface area contributed by atoms with Crippen LogP contribution in [-0.2, 0) is 20.9 Å². The first-order valence-electron chi connectivity index (χ1n) is 9.12. The van der Waals surface area contributed by atoms with E-state index in [1.807, 2.05) is 69.3 Å². The second-order valence-electron chi connectivity index (χ2n) is 7.71. The van der Waals surface area contributed by atoms with Crippen LogP contribution in [0.25, 0.3) is 0 Å². The molecule has 3 unspecified atom stereocenters. The molecule has 3 rings (SSSR count). The van der Waals surface area contributed by atoms with Crippen LogP contribution in [-0.4, -0.2) is 23.7 Å². The predicted molar refractivity (Wildman–Crippen MR) is 102 cm³/mol. The van der Waals surface area contributed by atoms with Crippen LogP contribution in [0.15, 0.2) is 60.7 Å². The first-order chi connectivity index (χ1) is 12.4. The molecule has 1 aliphatic rings. The molecule has 0 aromatic heterocycles. The molecule has 0 spiro atoms. The Kier molecular flexibility index (Phi) is 5.74. The summed E-state index contributed by atoms with van der Waals surface area (Å²) in [6, 6.07) is 19.8. The van der Waals surface area contributed by atoms with Gasteiger partial charge in [-0.2, -0.15) is 0 Å². The number of hydrogen-bond acceptors (Lipinski definition) is 4. The van der Waals surface area contributed by atoms with E-state index in [2.05, 4.69) is 17.4 Å². The Morgan fingerprint density at radius 3 is 2.27 bits per heavy atom. The summed E-state index contributed by atoms with van der Waals surface area (Å²) in [6.45, 7) is 6.19. The molecule has 0 aliphatic carbocycles. The molecule has 4 nitrogen and oxygen atoms in total. The average Bonchev–Trinajstić information content (AvgIpc) is 3.05. The summed E-state index contributed by atoms with van der Waals surface area (Å²) in [5.41, 5.74) is 1.75. The molecule has 2 aromatic carbocycles. The molecular weight excluding hydrogens is 326 g/mol. The van der Waals surface area contributed by atoms with Gasteiger partial charge in [0.1, 0.15) is 11.6 Å². The van der Waals surface area contributed by atoms with Crippen molar-refractivity contribution >= 4 is 5.97 Å². The molecule has 0 saturated carbocycles. The van der Waals surface area contributed by atoms with Gasteiger partial charge in [-0.1, -0.05) is 60.7 Å². The third kappa shape index (κ3) is 4.93. The Hall–Kier alpha value is -2.17. The molecule has 4 heteroatoms. The predicted octanol–water partition coefficient (Wildman–Crippen LogP) is 4.02. The minimum Gasteiger partial charge on any atom is -0.459 e. The molecule has 1 saturated heterocycles. The lowest BCUT2D eigenvalue weighted by atomic mass is 10.0. The molecule has 2 aromatic rings. The van der Waals surface area contributed by atoms with Crippen LogP contribution in [0.3, 0.4) is 0 Å². The first kappa shape index (κ1) is 18.6. The highest BCUT2D eigenvalue weighted by atomic mass is 16.6. The summed E-state index contributed by atoms with van der Waals surface area (Å²) in [6.07, 6.45) is 0.511. The van der Waals surface area contributed by atoms with Gasteiger partial charge in [0.15, 0.2) is 0 Å². The smallest absolute Gasteiger partial charge is 0.323 e. The van der Waals surface area contributed by atoms with Crippen molar-refractivity contribution in [1.82, 2.24) is 5.32 Å². The highest BCUT2D eigenvalue weighted by Gasteiger charge is 2.40. The number of esters is 1. The number of benzene rings is 2. The van der Waals surface area contributed by atoms with Crippen molar-refractivity contribution in [2.24, 2.45) is 0 Å². The topological polar surface area (TPSA) is 47.6 Å². The molecule has 3 atom stereocenters. The zero-order valence-electron chi connectivity index (χ0n) is 15.6. The lowest BCUT2D eigenvalue weighted by Gasteiger charge is -2.22. The van der Waals surface area contributed by atoms with Crippen LogP contribution < -0.4 is 5.32 Å². The maximum absolute atomic E-state index is 12.5. The summed E-state index contributed by atoms with van der Waals surface area (Å²) in [4.78, 5) is 12.5. The summed E-state index contributed by atoms with van der Waals surface area (Å²) in [5, 5.41) is 3.42.